The van der Waals surface area contributed by atoms with E-state index >= 15 is 0 Å². The van der Waals surface area contributed by atoms with Crippen molar-refractivity contribution in [2.24, 2.45) is 0 Å². The molecule has 1 aliphatic carbocycles. The molecule has 2 aromatic heterocycles. The molecule has 4 rings (SSSR count). The lowest BCUT2D eigenvalue weighted by Gasteiger charge is -2.27. The van der Waals surface area contributed by atoms with Crippen molar-refractivity contribution >= 4 is 17.4 Å². The Morgan fingerprint density at radius 3 is 2.68 bits per heavy atom. The number of aromatic nitrogens is 4. The number of aryl methyl sites for hydroxylation is 1. The van der Waals surface area contributed by atoms with Gasteiger partial charge in [-0.2, -0.15) is 4.52 Å². The van der Waals surface area contributed by atoms with E-state index in [1.54, 1.807) is 4.52 Å². The Labute approximate surface area is 147 Å². The summed E-state index contributed by atoms with van der Waals surface area (Å²) in [5.74, 6) is 1.84. The van der Waals surface area contributed by atoms with E-state index in [4.69, 9.17) is 5.10 Å². The van der Waals surface area contributed by atoms with Gasteiger partial charge in [-0.05, 0) is 44.2 Å². The zero-order chi connectivity index (χ0) is 17.1. The Balaban J connectivity index is 1.42. The van der Waals surface area contributed by atoms with Gasteiger partial charge in [-0.3, -0.25) is 4.79 Å². The van der Waals surface area contributed by atoms with Crippen molar-refractivity contribution in [3.63, 3.8) is 0 Å². The molecule has 1 saturated heterocycles. The fourth-order valence-corrected chi connectivity index (χ4v) is 3.87. The van der Waals surface area contributed by atoms with Gasteiger partial charge >= 0.3 is 0 Å². The number of fused-ring (bicyclic) bond motifs is 1. The molecule has 7 heteroatoms. The fourth-order valence-electron chi connectivity index (χ4n) is 3.87. The summed E-state index contributed by atoms with van der Waals surface area (Å²) in [6.45, 7) is 2.11. The van der Waals surface area contributed by atoms with Crippen molar-refractivity contribution in [3.05, 3.63) is 18.0 Å². The van der Waals surface area contributed by atoms with Crippen LogP contribution in [-0.2, 0) is 11.2 Å². The predicted molar refractivity (Wildman–Crippen MR) is 95.6 cm³/mol. The first-order valence-electron chi connectivity index (χ1n) is 9.55. The number of hydrogen-bond acceptors (Lipinski definition) is 5. The molecule has 3 heterocycles. The Morgan fingerprint density at radius 2 is 1.88 bits per heavy atom. The van der Waals surface area contributed by atoms with Crippen molar-refractivity contribution < 1.29 is 4.79 Å². The zero-order valence-electron chi connectivity index (χ0n) is 14.7. The van der Waals surface area contributed by atoms with Gasteiger partial charge in [0.2, 0.25) is 5.91 Å². The van der Waals surface area contributed by atoms with E-state index in [1.165, 1.54) is 32.1 Å². The van der Waals surface area contributed by atoms with E-state index < -0.39 is 0 Å². The SMILES string of the molecule is O=C(CCc1nnc2ccc(N3CCCCC3)nn12)NC1CCCC1. The molecule has 0 aromatic carbocycles. The average Bonchev–Trinajstić information content (AvgIpc) is 3.30. The van der Waals surface area contributed by atoms with Crippen LogP contribution in [0.15, 0.2) is 12.1 Å². The Morgan fingerprint density at radius 1 is 1.08 bits per heavy atom. The number of carbonyl (C=O) groups excluding carboxylic acids is 1. The number of nitrogens with one attached hydrogen (secondary N) is 1. The minimum absolute atomic E-state index is 0.107. The first-order chi connectivity index (χ1) is 12.3. The number of nitrogens with zero attached hydrogens (tertiary/aromatic N) is 5. The summed E-state index contributed by atoms with van der Waals surface area (Å²) in [4.78, 5) is 14.5. The summed E-state index contributed by atoms with van der Waals surface area (Å²) < 4.78 is 1.80. The van der Waals surface area contributed by atoms with Crippen LogP contribution >= 0.6 is 0 Å². The van der Waals surface area contributed by atoms with Gasteiger partial charge in [0, 0.05) is 32.0 Å². The summed E-state index contributed by atoms with van der Waals surface area (Å²) in [5, 5.41) is 16.3. The van der Waals surface area contributed by atoms with Crippen LogP contribution in [-0.4, -0.2) is 44.8 Å². The number of anilines is 1. The van der Waals surface area contributed by atoms with Gasteiger partial charge in [-0.15, -0.1) is 15.3 Å². The Bertz CT molecular complexity index is 730. The van der Waals surface area contributed by atoms with E-state index in [-0.39, 0.29) is 5.91 Å². The predicted octanol–water partition coefficient (Wildman–Crippen LogP) is 2.11. The van der Waals surface area contributed by atoms with Gasteiger partial charge in [-0.25, -0.2) is 0 Å². The highest BCUT2D eigenvalue weighted by Gasteiger charge is 2.18. The third-order valence-electron chi connectivity index (χ3n) is 5.29. The summed E-state index contributed by atoms with van der Waals surface area (Å²) >= 11 is 0. The van der Waals surface area contributed by atoms with Gasteiger partial charge in [0.1, 0.15) is 5.82 Å². The van der Waals surface area contributed by atoms with Gasteiger partial charge in [0.15, 0.2) is 11.5 Å². The second-order valence-corrected chi connectivity index (χ2v) is 7.17. The van der Waals surface area contributed by atoms with Gasteiger partial charge in [-0.1, -0.05) is 12.8 Å². The summed E-state index contributed by atoms with van der Waals surface area (Å²) in [6.07, 6.45) is 9.41. The molecular formula is C18H26N6O. The van der Waals surface area contributed by atoms with E-state index in [9.17, 15) is 4.79 Å². The molecule has 0 unspecified atom stereocenters. The zero-order valence-corrected chi connectivity index (χ0v) is 14.7. The normalized spacial score (nSPS) is 18.8. The molecule has 2 aliphatic rings. The molecule has 2 fully saturated rings. The Kier molecular flexibility index (Phi) is 4.81. The maximum atomic E-state index is 12.1. The average molecular weight is 342 g/mol. The number of amides is 1. The largest absolute Gasteiger partial charge is 0.355 e. The van der Waals surface area contributed by atoms with Crippen molar-refractivity contribution in [2.75, 3.05) is 18.0 Å². The maximum Gasteiger partial charge on any atom is 0.220 e. The van der Waals surface area contributed by atoms with E-state index in [0.29, 0.717) is 18.9 Å². The quantitative estimate of drug-likeness (QED) is 0.901. The van der Waals surface area contributed by atoms with E-state index in [0.717, 1.165) is 43.2 Å². The molecule has 1 aliphatic heterocycles. The number of carbonyl (C=O) groups is 1. The van der Waals surface area contributed by atoms with E-state index in [1.807, 2.05) is 12.1 Å². The standard InChI is InChI=1S/C18H26N6O/c25-18(19-14-6-2-3-7-14)11-10-16-21-20-15-8-9-17(22-24(15)16)23-12-4-1-5-13-23/h8-9,14H,1-7,10-13H2,(H,19,25). The highest BCUT2D eigenvalue weighted by Crippen LogP contribution is 2.19. The number of piperidine rings is 1. The molecule has 7 nitrogen and oxygen atoms in total. The van der Waals surface area contributed by atoms with Crippen LogP contribution in [0.1, 0.15) is 57.2 Å². The van der Waals surface area contributed by atoms with Crippen LogP contribution in [0, 0.1) is 0 Å². The van der Waals surface area contributed by atoms with Crippen LogP contribution < -0.4 is 10.2 Å². The summed E-state index contributed by atoms with van der Waals surface area (Å²) in [5.41, 5.74) is 0.743. The monoisotopic (exact) mass is 342 g/mol. The van der Waals surface area contributed by atoms with Crippen molar-refractivity contribution in [1.82, 2.24) is 25.1 Å². The lowest BCUT2D eigenvalue weighted by Crippen LogP contribution is -2.32. The van der Waals surface area contributed by atoms with Crippen LogP contribution in [0.25, 0.3) is 5.65 Å². The number of rotatable bonds is 5. The molecule has 2 aromatic rings. The molecule has 0 atom stereocenters. The van der Waals surface area contributed by atoms with E-state index in [2.05, 4.69) is 20.4 Å². The molecular weight excluding hydrogens is 316 g/mol. The van der Waals surface area contributed by atoms with Crippen molar-refractivity contribution in [3.8, 4) is 0 Å². The molecule has 1 N–H and O–H groups in total. The molecule has 0 radical (unpaired) electrons. The first-order valence-corrected chi connectivity index (χ1v) is 9.55. The van der Waals surface area contributed by atoms with Crippen molar-refractivity contribution in [1.29, 1.82) is 0 Å². The minimum atomic E-state index is 0.107. The van der Waals surface area contributed by atoms with Gasteiger partial charge in [0.25, 0.3) is 0 Å². The topological polar surface area (TPSA) is 75.4 Å². The molecule has 134 valence electrons. The lowest BCUT2D eigenvalue weighted by atomic mass is 10.1. The second kappa shape index (κ2) is 7.37. The fraction of sp³-hybridized carbons (Fsp3) is 0.667. The smallest absolute Gasteiger partial charge is 0.220 e. The third-order valence-corrected chi connectivity index (χ3v) is 5.29. The highest BCUT2D eigenvalue weighted by atomic mass is 16.1. The van der Waals surface area contributed by atoms with Gasteiger partial charge in [0.05, 0.1) is 0 Å². The van der Waals surface area contributed by atoms with Crippen LogP contribution in [0.2, 0.25) is 0 Å². The van der Waals surface area contributed by atoms with Crippen LogP contribution in [0.4, 0.5) is 5.82 Å². The van der Waals surface area contributed by atoms with Crippen molar-refractivity contribution in [2.45, 2.75) is 63.8 Å². The molecule has 0 bridgehead atoms. The number of hydrogen-bond donors (Lipinski definition) is 1. The lowest BCUT2D eigenvalue weighted by molar-refractivity contribution is -0.121. The maximum absolute atomic E-state index is 12.1. The van der Waals surface area contributed by atoms with Crippen LogP contribution in [0.3, 0.4) is 0 Å². The second-order valence-electron chi connectivity index (χ2n) is 7.17. The van der Waals surface area contributed by atoms with Gasteiger partial charge < -0.3 is 10.2 Å². The molecule has 1 saturated carbocycles. The first kappa shape index (κ1) is 16.3. The Hall–Kier alpha value is -2.18. The van der Waals surface area contributed by atoms with Crippen LogP contribution in [0.5, 0.6) is 0 Å². The minimum Gasteiger partial charge on any atom is -0.355 e. The summed E-state index contributed by atoms with van der Waals surface area (Å²) in [6, 6.07) is 4.35. The third kappa shape index (κ3) is 3.75. The highest BCUT2D eigenvalue weighted by molar-refractivity contribution is 5.76. The molecule has 1 amide bonds. The molecule has 0 spiro atoms. The summed E-state index contributed by atoms with van der Waals surface area (Å²) in [7, 11) is 0. The molecule has 25 heavy (non-hydrogen) atoms.